The Hall–Kier alpha value is -3.65. The van der Waals surface area contributed by atoms with Crippen LogP contribution in [0.2, 0.25) is 0 Å². The van der Waals surface area contributed by atoms with E-state index in [1.807, 2.05) is 83.4 Å². The van der Waals surface area contributed by atoms with E-state index in [9.17, 15) is 0 Å². The summed E-state index contributed by atoms with van der Waals surface area (Å²) in [6, 6.07) is 25.4. The molecule has 2 atom stereocenters. The maximum Gasteiger partial charge on any atom is 0.196 e. The minimum Gasteiger partial charge on any atom is -0.486 e. The van der Waals surface area contributed by atoms with Crippen molar-refractivity contribution < 1.29 is 18.9 Å². The molecular formula is C25H21N3O4S. The monoisotopic (exact) mass is 459 g/mol. The summed E-state index contributed by atoms with van der Waals surface area (Å²) in [7, 11) is 0. The van der Waals surface area contributed by atoms with Crippen LogP contribution in [-0.4, -0.2) is 39.8 Å². The molecule has 166 valence electrons. The largest absolute Gasteiger partial charge is 0.486 e. The van der Waals surface area contributed by atoms with Gasteiger partial charge in [-0.15, -0.1) is 10.2 Å². The highest BCUT2D eigenvalue weighted by Gasteiger charge is 2.30. The minimum absolute atomic E-state index is 0.0876. The lowest BCUT2D eigenvalue weighted by Crippen LogP contribution is -2.31. The van der Waals surface area contributed by atoms with E-state index in [1.165, 1.54) is 0 Å². The molecule has 0 fully saturated rings. The average molecular weight is 460 g/mol. The lowest BCUT2D eigenvalue weighted by atomic mass is 10.2. The van der Waals surface area contributed by atoms with Crippen LogP contribution in [0.5, 0.6) is 23.0 Å². The molecule has 8 heteroatoms. The van der Waals surface area contributed by atoms with Crippen LogP contribution in [0, 0.1) is 0 Å². The van der Waals surface area contributed by atoms with Crippen LogP contribution < -0.4 is 18.9 Å². The van der Waals surface area contributed by atoms with Gasteiger partial charge in [-0.25, -0.2) is 0 Å². The molecule has 0 saturated carbocycles. The standard InChI is InChI=1S/C25H21N3O4S/c1-2-8-17(9-3-1)28-24(23-15-30-20-11-5-7-13-22(20)32-23)26-27-25(28)33-16-18-14-29-19-10-4-6-12-21(19)31-18/h1-13,18,23H,14-16H2/t18-,23+/m0/s1. The highest BCUT2D eigenvalue weighted by atomic mass is 32.2. The Kier molecular flexibility index (Phi) is 5.28. The number of hydrogen-bond donors (Lipinski definition) is 0. The number of aromatic nitrogens is 3. The molecule has 7 nitrogen and oxygen atoms in total. The molecule has 0 bridgehead atoms. The third kappa shape index (κ3) is 3.98. The van der Waals surface area contributed by atoms with E-state index in [0.29, 0.717) is 30.5 Å². The second-order valence-corrected chi connectivity index (χ2v) is 8.67. The van der Waals surface area contributed by atoms with Crippen molar-refractivity contribution in [1.82, 2.24) is 14.8 Å². The first-order chi connectivity index (χ1) is 16.3. The average Bonchev–Trinajstić information content (AvgIpc) is 3.31. The lowest BCUT2D eigenvalue weighted by molar-refractivity contribution is 0.0835. The molecule has 3 heterocycles. The zero-order valence-corrected chi connectivity index (χ0v) is 18.5. The summed E-state index contributed by atoms with van der Waals surface area (Å²) in [5.41, 5.74) is 0.966. The molecule has 0 N–H and O–H groups in total. The summed E-state index contributed by atoms with van der Waals surface area (Å²) in [6.45, 7) is 0.857. The van der Waals surface area contributed by atoms with E-state index in [1.54, 1.807) is 11.8 Å². The predicted molar refractivity (Wildman–Crippen MR) is 124 cm³/mol. The predicted octanol–water partition coefficient (Wildman–Crippen LogP) is 4.71. The second-order valence-electron chi connectivity index (χ2n) is 7.68. The van der Waals surface area contributed by atoms with Crippen LogP contribution in [0.1, 0.15) is 11.9 Å². The van der Waals surface area contributed by atoms with Gasteiger partial charge in [0.1, 0.15) is 19.3 Å². The third-order valence-electron chi connectivity index (χ3n) is 5.44. The van der Waals surface area contributed by atoms with Crippen molar-refractivity contribution in [1.29, 1.82) is 0 Å². The van der Waals surface area contributed by atoms with Gasteiger partial charge in [0, 0.05) is 11.4 Å². The summed E-state index contributed by atoms with van der Waals surface area (Å²) >= 11 is 1.58. The van der Waals surface area contributed by atoms with E-state index >= 15 is 0 Å². The molecule has 0 amide bonds. The Morgan fingerprint density at radius 1 is 0.727 bits per heavy atom. The van der Waals surface area contributed by atoms with Crippen LogP contribution >= 0.6 is 11.8 Å². The highest BCUT2D eigenvalue weighted by Crippen LogP contribution is 2.37. The third-order valence-corrected chi connectivity index (χ3v) is 6.50. The fourth-order valence-electron chi connectivity index (χ4n) is 3.86. The molecule has 4 aromatic rings. The van der Waals surface area contributed by atoms with Crippen molar-refractivity contribution in [3.63, 3.8) is 0 Å². The first-order valence-corrected chi connectivity index (χ1v) is 11.7. The highest BCUT2D eigenvalue weighted by molar-refractivity contribution is 7.99. The molecule has 0 aliphatic carbocycles. The van der Waals surface area contributed by atoms with Crippen molar-refractivity contribution >= 4 is 11.8 Å². The maximum atomic E-state index is 6.22. The summed E-state index contributed by atoms with van der Waals surface area (Å²) in [5.74, 6) is 4.36. The maximum absolute atomic E-state index is 6.22. The van der Waals surface area contributed by atoms with E-state index in [-0.39, 0.29) is 12.2 Å². The molecule has 1 aromatic heterocycles. The fraction of sp³-hybridized carbons (Fsp3) is 0.200. The van der Waals surface area contributed by atoms with Crippen LogP contribution in [-0.2, 0) is 0 Å². The first-order valence-electron chi connectivity index (χ1n) is 10.8. The number of ether oxygens (including phenoxy) is 4. The summed E-state index contributed by atoms with van der Waals surface area (Å²) in [6.07, 6.45) is -0.460. The van der Waals surface area contributed by atoms with Crippen LogP contribution in [0.4, 0.5) is 0 Å². The van der Waals surface area contributed by atoms with Crippen LogP contribution in [0.15, 0.2) is 84.0 Å². The topological polar surface area (TPSA) is 67.6 Å². The van der Waals surface area contributed by atoms with E-state index in [4.69, 9.17) is 18.9 Å². The number of para-hydroxylation sites is 5. The Morgan fingerprint density at radius 3 is 2.12 bits per heavy atom. The van der Waals surface area contributed by atoms with Gasteiger partial charge in [-0.05, 0) is 36.4 Å². The van der Waals surface area contributed by atoms with Crippen molar-refractivity contribution in [2.75, 3.05) is 19.0 Å². The summed E-state index contributed by atoms with van der Waals surface area (Å²) in [5, 5.41) is 9.77. The molecule has 0 saturated heterocycles. The fourth-order valence-corrected chi connectivity index (χ4v) is 4.79. The molecule has 0 radical (unpaired) electrons. The van der Waals surface area contributed by atoms with Gasteiger partial charge in [0.25, 0.3) is 0 Å². The van der Waals surface area contributed by atoms with Gasteiger partial charge in [-0.2, -0.15) is 0 Å². The van der Waals surface area contributed by atoms with Gasteiger partial charge in [0.2, 0.25) is 0 Å². The second kappa shape index (κ2) is 8.71. The number of hydrogen-bond acceptors (Lipinski definition) is 7. The SMILES string of the molecule is c1ccc(-n2c(SC[C@@H]3COc4ccccc4O3)nnc2[C@H]2COc3ccccc3O2)cc1. The quantitative estimate of drug-likeness (QED) is 0.400. The molecule has 2 aliphatic rings. The Balaban J connectivity index is 1.26. The molecule has 0 spiro atoms. The molecule has 6 rings (SSSR count). The van der Waals surface area contributed by atoms with E-state index in [2.05, 4.69) is 10.2 Å². The Morgan fingerprint density at radius 2 is 1.36 bits per heavy atom. The molecule has 0 unspecified atom stereocenters. The van der Waals surface area contributed by atoms with E-state index < -0.39 is 0 Å². The number of rotatable bonds is 5. The normalized spacial score (nSPS) is 18.7. The van der Waals surface area contributed by atoms with Gasteiger partial charge < -0.3 is 18.9 Å². The van der Waals surface area contributed by atoms with Crippen LogP contribution in [0.25, 0.3) is 5.69 Å². The number of fused-ring (bicyclic) bond motifs is 2. The number of nitrogens with zero attached hydrogens (tertiary/aromatic N) is 3. The lowest BCUT2D eigenvalue weighted by Gasteiger charge is -2.27. The first kappa shape index (κ1) is 20.0. The molecular weight excluding hydrogens is 438 g/mol. The Labute approximate surface area is 195 Å². The smallest absolute Gasteiger partial charge is 0.196 e. The van der Waals surface area contributed by atoms with Gasteiger partial charge in [-0.3, -0.25) is 4.57 Å². The zero-order valence-electron chi connectivity index (χ0n) is 17.7. The van der Waals surface area contributed by atoms with Gasteiger partial charge >= 0.3 is 0 Å². The molecule has 3 aromatic carbocycles. The minimum atomic E-state index is -0.372. The van der Waals surface area contributed by atoms with Crippen molar-refractivity contribution in [3.8, 4) is 28.7 Å². The molecule has 33 heavy (non-hydrogen) atoms. The van der Waals surface area contributed by atoms with Crippen molar-refractivity contribution in [3.05, 3.63) is 84.7 Å². The zero-order chi connectivity index (χ0) is 22.0. The van der Waals surface area contributed by atoms with Crippen molar-refractivity contribution in [2.24, 2.45) is 0 Å². The van der Waals surface area contributed by atoms with E-state index in [0.717, 1.165) is 28.1 Å². The van der Waals surface area contributed by atoms with Crippen molar-refractivity contribution in [2.45, 2.75) is 17.4 Å². The van der Waals surface area contributed by atoms with Gasteiger partial charge in [0.15, 0.2) is 40.1 Å². The summed E-state index contributed by atoms with van der Waals surface area (Å²) in [4.78, 5) is 0. The van der Waals surface area contributed by atoms with Gasteiger partial charge in [-0.1, -0.05) is 54.2 Å². The summed E-state index contributed by atoms with van der Waals surface area (Å²) < 4.78 is 26.2. The van der Waals surface area contributed by atoms with Crippen LogP contribution in [0.3, 0.4) is 0 Å². The molecule has 2 aliphatic heterocycles. The Bertz CT molecular complexity index is 1260. The van der Waals surface area contributed by atoms with Gasteiger partial charge in [0.05, 0.1) is 0 Å². The number of benzene rings is 3. The number of thioether (sulfide) groups is 1.